The molecule has 1 fully saturated rings. The van der Waals surface area contributed by atoms with E-state index < -0.39 is 0 Å². The van der Waals surface area contributed by atoms with Crippen LogP contribution in [0, 0.1) is 0 Å². The van der Waals surface area contributed by atoms with E-state index in [0.29, 0.717) is 30.6 Å². The van der Waals surface area contributed by atoms with Crippen molar-refractivity contribution in [1.82, 2.24) is 15.1 Å². The van der Waals surface area contributed by atoms with Crippen LogP contribution in [0.25, 0.3) is 0 Å². The fraction of sp³-hybridized carbons (Fsp3) is 0.214. The molecule has 0 bridgehead atoms. The molecule has 37 heavy (non-hydrogen) atoms. The van der Waals surface area contributed by atoms with Crippen LogP contribution < -0.4 is 10.2 Å². The number of carbonyl (C=O) groups excluding carboxylic acids is 2. The largest absolute Gasteiger partial charge is 0.416 e. The lowest BCUT2D eigenvalue weighted by molar-refractivity contribution is -0.113. The molecule has 1 aromatic heterocycles. The average molecular weight is 514 g/mol. The fourth-order valence-corrected chi connectivity index (χ4v) is 4.73. The van der Waals surface area contributed by atoms with Crippen molar-refractivity contribution in [3.63, 3.8) is 0 Å². The number of rotatable bonds is 8. The zero-order valence-electron chi connectivity index (χ0n) is 20.2. The summed E-state index contributed by atoms with van der Waals surface area (Å²) in [5.74, 6) is 0.624. The second kappa shape index (κ2) is 11.7. The summed E-state index contributed by atoms with van der Waals surface area (Å²) in [5, 5.41) is 11.4. The third kappa shape index (κ3) is 6.56. The molecule has 188 valence electrons. The monoisotopic (exact) mass is 513 g/mol. The molecular weight excluding hydrogens is 486 g/mol. The highest BCUT2D eigenvalue weighted by Gasteiger charge is 2.22. The zero-order valence-corrected chi connectivity index (χ0v) is 21.1. The summed E-state index contributed by atoms with van der Waals surface area (Å²) in [6, 6.07) is 27.1. The minimum atomic E-state index is -0.145. The Balaban J connectivity index is 1.07. The van der Waals surface area contributed by atoms with Crippen molar-refractivity contribution in [3.05, 3.63) is 102 Å². The van der Waals surface area contributed by atoms with E-state index in [2.05, 4.69) is 20.4 Å². The highest BCUT2D eigenvalue weighted by Crippen LogP contribution is 2.22. The van der Waals surface area contributed by atoms with Crippen molar-refractivity contribution in [3.8, 4) is 0 Å². The molecule has 2 amide bonds. The lowest BCUT2D eigenvalue weighted by Gasteiger charge is -2.36. The second-order valence-electron chi connectivity index (χ2n) is 8.65. The van der Waals surface area contributed by atoms with Crippen molar-refractivity contribution in [2.24, 2.45) is 0 Å². The molecule has 0 unspecified atom stereocenters. The van der Waals surface area contributed by atoms with Crippen LogP contribution >= 0.6 is 11.8 Å². The van der Waals surface area contributed by atoms with Gasteiger partial charge in [-0.05, 0) is 42.0 Å². The summed E-state index contributed by atoms with van der Waals surface area (Å²) in [6.45, 7) is 2.87. The number of hydrogen-bond acceptors (Lipinski definition) is 7. The molecule has 1 aliphatic rings. The molecule has 1 aliphatic heterocycles. The van der Waals surface area contributed by atoms with Crippen LogP contribution in [-0.2, 0) is 11.2 Å². The molecule has 9 heteroatoms. The number of hydrogen-bond donors (Lipinski definition) is 1. The maximum atomic E-state index is 12.7. The number of anilines is 2. The maximum absolute atomic E-state index is 12.7. The summed E-state index contributed by atoms with van der Waals surface area (Å²) < 4.78 is 5.65. The van der Waals surface area contributed by atoms with Crippen molar-refractivity contribution in [2.45, 2.75) is 11.6 Å². The van der Waals surface area contributed by atoms with Gasteiger partial charge in [0.15, 0.2) is 0 Å². The van der Waals surface area contributed by atoms with Crippen LogP contribution in [0.5, 0.6) is 0 Å². The first-order valence-electron chi connectivity index (χ1n) is 12.1. The van der Waals surface area contributed by atoms with Crippen LogP contribution in [0.2, 0.25) is 0 Å². The van der Waals surface area contributed by atoms with Gasteiger partial charge in [0.25, 0.3) is 11.1 Å². The summed E-state index contributed by atoms with van der Waals surface area (Å²) in [6.07, 6.45) is 0.561. The minimum absolute atomic E-state index is 0.0733. The van der Waals surface area contributed by atoms with E-state index in [4.69, 9.17) is 4.42 Å². The highest BCUT2D eigenvalue weighted by atomic mass is 32.2. The first kappa shape index (κ1) is 24.6. The molecule has 5 rings (SSSR count). The van der Waals surface area contributed by atoms with Crippen LogP contribution in [0.15, 0.2) is 94.6 Å². The van der Waals surface area contributed by atoms with Crippen LogP contribution in [0.1, 0.15) is 21.8 Å². The standard InChI is InChI=1S/C28H27N5O3S/c34-25(20-37-28-31-30-26(36-28)19-21-7-3-1-4-8-21)29-23-11-13-24(14-12-23)32-15-17-33(18-16-32)27(35)22-9-5-2-6-10-22/h1-14H,15-20H2,(H,29,34). The number of piperazine rings is 1. The SMILES string of the molecule is O=C(CSc1nnc(Cc2ccccc2)o1)Nc1ccc(N2CCN(C(=O)c3ccccc3)CC2)cc1. The van der Waals surface area contributed by atoms with Gasteiger partial charge in [-0.1, -0.05) is 60.3 Å². The molecule has 0 saturated carbocycles. The molecule has 0 spiro atoms. The number of amides is 2. The topological polar surface area (TPSA) is 91.6 Å². The second-order valence-corrected chi connectivity index (χ2v) is 9.58. The van der Waals surface area contributed by atoms with E-state index in [1.165, 1.54) is 11.8 Å². The third-order valence-corrected chi connectivity index (χ3v) is 6.90. The Morgan fingerprint density at radius 2 is 1.51 bits per heavy atom. The number of carbonyl (C=O) groups is 2. The summed E-state index contributed by atoms with van der Waals surface area (Å²) in [4.78, 5) is 29.2. The van der Waals surface area contributed by atoms with Gasteiger partial charge in [-0.3, -0.25) is 9.59 Å². The average Bonchev–Trinajstić information content (AvgIpc) is 3.40. The number of thioether (sulfide) groups is 1. The Morgan fingerprint density at radius 1 is 0.838 bits per heavy atom. The van der Waals surface area contributed by atoms with Gasteiger partial charge in [-0.15, -0.1) is 10.2 Å². The van der Waals surface area contributed by atoms with E-state index in [0.717, 1.165) is 35.6 Å². The van der Waals surface area contributed by atoms with Gasteiger partial charge in [0.2, 0.25) is 11.8 Å². The normalized spacial score (nSPS) is 13.4. The molecule has 1 saturated heterocycles. The zero-order chi connectivity index (χ0) is 25.5. The molecule has 1 N–H and O–H groups in total. The van der Waals surface area contributed by atoms with E-state index in [1.54, 1.807) is 0 Å². The smallest absolute Gasteiger partial charge is 0.277 e. The maximum Gasteiger partial charge on any atom is 0.277 e. The van der Waals surface area contributed by atoms with E-state index >= 15 is 0 Å². The van der Waals surface area contributed by atoms with Crippen LogP contribution in [0.4, 0.5) is 11.4 Å². The quantitative estimate of drug-likeness (QED) is 0.350. The molecule has 8 nitrogen and oxygen atoms in total. The predicted molar refractivity (Wildman–Crippen MR) is 144 cm³/mol. The molecule has 0 aliphatic carbocycles. The Labute approximate surface area is 219 Å². The molecule has 4 aromatic rings. The van der Waals surface area contributed by atoms with Crippen molar-refractivity contribution >= 4 is 35.0 Å². The summed E-state index contributed by atoms with van der Waals surface area (Å²) >= 11 is 1.21. The van der Waals surface area contributed by atoms with Crippen LogP contribution in [-0.4, -0.2) is 58.8 Å². The number of benzene rings is 3. The van der Waals surface area contributed by atoms with Gasteiger partial charge < -0.3 is 19.5 Å². The number of aromatic nitrogens is 2. The van der Waals surface area contributed by atoms with Crippen molar-refractivity contribution in [1.29, 1.82) is 0 Å². The molecule has 2 heterocycles. The molecule has 0 atom stereocenters. The van der Waals surface area contributed by atoms with Gasteiger partial charge in [-0.2, -0.15) is 0 Å². The Morgan fingerprint density at radius 3 is 2.22 bits per heavy atom. The Hall–Kier alpha value is -4.11. The first-order valence-corrected chi connectivity index (χ1v) is 13.1. The molecule has 3 aromatic carbocycles. The van der Waals surface area contributed by atoms with Gasteiger partial charge in [-0.25, -0.2) is 0 Å². The highest BCUT2D eigenvalue weighted by molar-refractivity contribution is 7.99. The van der Waals surface area contributed by atoms with Gasteiger partial charge >= 0.3 is 0 Å². The Kier molecular flexibility index (Phi) is 7.81. The van der Waals surface area contributed by atoms with E-state index in [-0.39, 0.29) is 17.6 Å². The van der Waals surface area contributed by atoms with Crippen LogP contribution in [0.3, 0.4) is 0 Å². The molecule has 0 radical (unpaired) electrons. The third-order valence-electron chi connectivity index (χ3n) is 6.08. The van der Waals surface area contributed by atoms with E-state index in [9.17, 15) is 9.59 Å². The lowest BCUT2D eigenvalue weighted by atomic mass is 10.1. The number of nitrogens with zero attached hydrogens (tertiary/aromatic N) is 4. The van der Waals surface area contributed by atoms with Gasteiger partial charge in [0.05, 0.1) is 12.2 Å². The predicted octanol–water partition coefficient (Wildman–Crippen LogP) is 4.35. The van der Waals surface area contributed by atoms with Crippen molar-refractivity contribution in [2.75, 3.05) is 42.1 Å². The molecular formula is C28H27N5O3S. The minimum Gasteiger partial charge on any atom is -0.416 e. The summed E-state index contributed by atoms with van der Waals surface area (Å²) in [5.41, 5.74) is 3.60. The van der Waals surface area contributed by atoms with Gasteiger partial charge in [0.1, 0.15) is 0 Å². The fourth-order valence-electron chi connectivity index (χ4n) is 4.15. The summed E-state index contributed by atoms with van der Waals surface area (Å²) in [7, 11) is 0. The van der Waals surface area contributed by atoms with Crippen molar-refractivity contribution < 1.29 is 14.0 Å². The Bertz CT molecular complexity index is 1320. The van der Waals surface area contributed by atoms with E-state index in [1.807, 2.05) is 89.8 Å². The first-order chi connectivity index (χ1) is 18.1. The number of nitrogens with one attached hydrogen (secondary N) is 1. The lowest BCUT2D eigenvalue weighted by Crippen LogP contribution is -2.48. The van der Waals surface area contributed by atoms with Gasteiger partial charge in [0, 0.05) is 43.1 Å².